The van der Waals surface area contributed by atoms with Crippen molar-refractivity contribution >= 4 is 35.2 Å². The minimum Gasteiger partial charge on any atom is -0.493 e. The minimum absolute atomic E-state index is 0.0639. The van der Waals surface area contributed by atoms with E-state index in [0.29, 0.717) is 36.8 Å². The molecule has 5 heterocycles. The lowest BCUT2D eigenvalue weighted by Gasteiger charge is -2.52. The number of benzene rings is 1. The summed E-state index contributed by atoms with van der Waals surface area (Å²) in [5, 5.41) is 10.5. The van der Waals surface area contributed by atoms with Crippen molar-refractivity contribution in [3.63, 3.8) is 0 Å². The molecule has 1 aliphatic carbocycles. The Morgan fingerprint density at radius 3 is 2.19 bits per heavy atom. The second kappa shape index (κ2) is 26.4. The SMILES string of the molecule is C=C1[C@H](O[C@@H]2[C@@H](C)[C@H](OC3(C)C[C@@](C)(OC)[C@@H](O)[C@H](C)O3)[C@@H](C)C(=O)O[C@H](CC)[C@@]3(C)OC(=O)[C@@H](SCCN(Cc4ccncc4)c4ccc(OC)c(OC5CCCC5)c4)[C@@H]3[C@@H](C)C(=O)[C@H](C)CC2(C)OC)O[C@H](C)C[C@@H]1N(C)C. The number of aliphatic hydroxyl groups is 1. The maximum atomic E-state index is 15.5. The Kier molecular flexibility index (Phi) is 21.0. The summed E-state index contributed by atoms with van der Waals surface area (Å²) in [6.07, 6.45) is 3.53. The van der Waals surface area contributed by atoms with E-state index in [1.165, 1.54) is 11.8 Å². The zero-order chi connectivity index (χ0) is 58.6. The molecule has 1 N–H and O–H groups in total. The van der Waals surface area contributed by atoms with Crippen LogP contribution in [0.3, 0.4) is 0 Å². The van der Waals surface area contributed by atoms with Gasteiger partial charge in [0.05, 0.1) is 54.7 Å². The van der Waals surface area contributed by atoms with Gasteiger partial charge < -0.3 is 62.3 Å². The molecule has 7 rings (SSSR count). The second-order valence-electron chi connectivity index (χ2n) is 24.7. The number of ketones is 1. The van der Waals surface area contributed by atoms with Gasteiger partial charge in [-0.05, 0) is 143 Å². The van der Waals surface area contributed by atoms with Gasteiger partial charge in [-0.2, -0.15) is 0 Å². The van der Waals surface area contributed by atoms with Crippen LogP contribution in [0.25, 0.3) is 0 Å². The van der Waals surface area contributed by atoms with E-state index in [1.54, 1.807) is 54.5 Å². The number of ether oxygens (including phenoxy) is 10. The zero-order valence-electron chi connectivity index (χ0n) is 50.7. The standard InChI is InChI=1S/C62H95N3O14S/c1-18-49-62(12)50(53(57(69)79-62)80-30-29-65(34-43-25-27-63-28-26-43)44-23-24-47(70-15)48(32-44)74-45-21-19-20-22-45)39(5)51(66)36(2)33-59(9,71-16)55(76-58-38(4)46(64(13)14)31-37(3)73-58)40(6)52(41(7)56(68)75-49)78-61(11)35-60(10,72-17)54(67)42(8)77-61/h23-28,32,36-37,39-42,45-46,49-50,52-55,58,67H,4,18-22,29-31,33-35H2,1-3,5-17H3/t36-,37-,39-,40+,41-,42+,46+,49-,50+,52+,53+,54+,55-,58+,59?,60-,61?,62-/m1/s1. The van der Waals surface area contributed by atoms with Crippen LogP contribution >= 0.6 is 11.8 Å². The van der Waals surface area contributed by atoms with E-state index in [1.807, 2.05) is 99.8 Å². The average molecular weight is 1140 g/mol. The largest absolute Gasteiger partial charge is 0.493 e. The number of rotatable bonds is 18. The average Bonchev–Trinajstić information content (AvgIpc) is 4.05. The minimum atomic E-state index is -1.42. The van der Waals surface area contributed by atoms with Gasteiger partial charge in [-0.3, -0.25) is 19.4 Å². The normalized spacial score (nSPS) is 38.6. The monoisotopic (exact) mass is 1140 g/mol. The predicted octanol–water partition coefficient (Wildman–Crippen LogP) is 9.38. The molecule has 1 aromatic heterocycles. The fourth-order valence-electron chi connectivity index (χ4n) is 13.8. The van der Waals surface area contributed by atoms with Crippen LogP contribution in [0.1, 0.15) is 133 Å². The highest BCUT2D eigenvalue weighted by Crippen LogP contribution is 2.50. The fraction of sp³-hybridized carbons (Fsp3) is 0.742. The van der Waals surface area contributed by atoms with Crippen molar-refractivity contribution in [2.24, 2.45) is 29.6 Å². The third kappa shape index (κ3) is 13.7. The molecule has 18 atom stereocenters. The first kappa shape index (κ1) is 63.7. The van der Waals surface area contributed by atoms with Gasteiger partial charge in [0.15, 0.2) is 29.2 Å². The fourth-order valence-corrected chi connectivity index (χ4v) is 15.3. The highest BCUT2D eigenvalue weighted by molar-refractivity contribution is 8.00. The summed E-state index contributed by atoms with van der Waals surface area (Å²) in [6, 6.07) is 9.91. The van der Waals surface area contributed by atoms with E-state index < -0.39 is 106 Å². The highest BCUT2D eigenvalue weighted by Gasteiger charge is 2.62. The van der Waals surface area contributed by atoms with Crippen LogP contribution in [-0.4, -0.2) is 163 Å². The first-order valence-corrected chi connectivity index (χ1v) is 30.2. The molecule has 448 valence electrons. The number of aliphatic hydroxyl groups excluding tert-OH is 1. The first-order chi connectivity index (χ1) is 37.7. The Morgan fingerprint density at radius 1 is 0.887 bits per heavy atom. The molecule has 17 nitrogen and oxygen atoms in total. The van der Waals surface area contributed by atoms with E-state index in [9.17, 15) is 9.90 Å². The molecule has 1 aromatic carbocycles. The van der Waals surface area contributed by atoms with Crippen molar-refractivity contribution in [1.82, 2.24) is 9.88 Å². The number of anilines is 1. The summed E-state index contributed by atoms with van der Waals surface area (Å²) in [6.45, 7) is 26.1. The summed E-state index contributed by atoms with van der Waals surface area (Å²) >= 11 is 1.45. The van der Waals surface area contributed by atoms with Gasteiger partial charge >= 0.3 is 11.9 Å². The van der Waals surface area contributed by atoms with Crippen LogP contribution in [0.2, 0.25) is 0 Å². The Hall–Kier alpha value is -3.85. The molecule has 80 heavy (non-hydrogen) atoms. The van der Waals surface area contributed by atoms with E-state index >= 15 is 9.59 Å². The number of cyclic esters (lactones) is 1. The van der Waals surface area contributed by atoms with Gasteiger partial charge in [-0.15, -0.1) is 11.8 Å². The molecule has 5 aliphatic rings. The lowest BCUT2D eigenvalue weighted by atomic mass is 9.70. The second-order valence-corrected chi connectivity index (χ2v) is 25.9. The third-order valence-electron chi connectivity index (χ3n) is 18.4. The topological polar surface area (TPSA) is 183 Å². The van der Waals surface area contributed by atoms with Crippen molar-refractivity contribution in [2.75, 3.05) is 52.6 Å². The summed E-state index contributed by atoms with van der Waals surface area (Å²) in [4.78, 5) is 54.2. The number of esters is 2. The van der Waals surface area contributed by atoms with Gasteiger partial charge in [0.25, 0.3) is 0 Å². The highest BCUT2D eigenvalue weighted by atomic mass is 32.2. The Bertz CT molecular complexity index is 2430. The number of carbonyl (C=O) groups is 3. The molecule has 0 radical (unpaired) electrons. The van der Waals surface area contributed by atoms with Crippen LogP contribution in [0, 0.1) is 29.6 Å². The number of Topliss-reactive ketones (excluding diaryl/α,β-unsaturated/α-hetero) is 1. The van der Waals surface area contributed by atoms with Crippen molar-refractivity contribution in [2.45, 2.75) is 217 Å². The maximum Gasteiger partial charge on any atom is 0.320 e. The van der Waals surface area contributed by atoms with Crippen molar-refractivity contribution in [3.8, 4) is 11.5 Å². The quantitative estimate of drug-likeness (QED) is 0.110. The smallest absolute Gasteiger partial charge is 0.320 e. The first-order valence-electron chi connectivity index (χ1n) is 29.1. The van der Waals surface area contributed by atoms with Crippen molar-refractivity contribution in [1.29, 1.82) is 0 Å². The summed E-state index contributed by atoms with van der Waals surface area (Å²) < 4.78 is 65.7. The van der Waals surface area contributed by atoms with E-state index in [4.69, 9.17) is 47.4 Å². The zero-order valence-corrected chi connectivity index (χ0v) is 51.5. The molecule has 5 fully saturated rings. The molecule has 18 heteroatoms. The maximum absolute atomic E-state index is 15.5. The number of thioether (sulfide) groups is 1. The Morgan fingerprint density at radius 2 is 1.56 bits per heavy atom. The van der Waals surface area contributed by atoms with Gasteiger partial charge in [0, 0.05) is 93.3 Å². The molecule has 4 aliphatic heterocycles. The van der Waals surface area contributed by atoms with Crippen molar-refractivity contribution < 1.29 is 66.9 Å². The van der Waals surface area contributed by atoms with Crippen LogP contribution in [0.4, 0.5) is 5.69 Å². The van der Waals surface area contributed by atoms with Crippen LogP contribution in [0.5, 0.6) is 11.5 Å². The summed E-state index contributed by atoms with van der Waals surface area (Å²) in [5.74, 6) is -4.54. The molecule has 0 bridgehead atoms. The van der Waals surface area contributed by atoms with Crippen LogP contribution < -0.4 is 14.4 Å². The van der Waals surface area contributed by atoms with Crippen molar-refractivity contribution in [3.05, 3.63) is 60.4 Å². The molecule has 0 spiro atoms. The molecule has 4 saturated heterocycles. The van der Waals surface area contributed by atoms with E-state index in [-0.39, 0.29) is 43.3 Å². The number of fused-ring (bicyclic) bond motifs is 1. The number of hydrogen-bond acceptors (Lipinski definition) is 18. The molecule has 1 saturated carbocycles. The number of carbonyl (C=O) groups excluding carboxylic acids is 3. The van der Waals surface area contributed by atoms with Gasteiger partial charge in [-0.1, -0.05) is 34.3 Å². The number of methoxy groups -OCH3 is 3. The lowest BCUT2D eigenvalue weighted by molar-refractivity contribution is -0.353. The summed E-state index contributed by atoms with van der Waals surface area (Å²) in [7, 11) is 8.80. The molecular weight excluding hydrogens is 1040 g/mol. The van der Waals surface area contributed by atoms with E-state index in [0.717, 1.165) is 42.5 Å². The van der Waals surface area contributed by atoms with Gasteiger partial charge in [0.1, 0.15) is 23.2 Å². The number of pyridine rings is 1. The molecule has 2 unspecified atom stereocenters. The van der Waals surface area contributed by atoms with Crippen LogP contribution in [0.15, 0.2) is 54.9 Å². The van der Waals surface area contributed by atoms with Gasteiger partial charge in [-0.25, -0.2) is 0 Å². The Balaban J connectivity index is 1.26. The van der Waals surface area contributed by atoms with Crippen LogP contribution in [-0.2, 0) is 58.8 Å². The summed E-state index contributed by atoms with van der Waals surface area (Å²) in [5.41, 5.74) is -1.02. The number of nitrogens with zero attached hydrogens (tertiary/aromatic N) is 3. The molecule has 0 amide bonds. The molecule has 2 aromatic rings. The Labute approximate surface area is 481 Å². The molecular formula is C62H95N3O14S. The number of hydrogen-bond donors (Lipinski definition) is 1. The predicted molar refractivity (Wildman–Crippen MR) is 308 cm³/mol. The number of likely N-dealkylation sites (N-methyl/N-ethyl adjacent to an activating group) is 1. The van der Waals surface area contributed by atoms with E-state index in [2.05, 4.69) is 21.4 Å². The van der Waals surface area contributed by atoms with Gasteiger partial charge in [0.2, 0.25) is 0 Å². The third-order valence-corrected chi connectivity index (χ3v) is 19.6. The lowest BCUT2D eigenvalue weighted by Crippen LogP contribution is -2.63. The number of aromatic nitrogens is 1.